The number of methoxy groups -OCH3 is 2. The number of hydrogen-bond donors (Lipinski definition) is 2. The minimum atomic E-state index is -0.478. The highest BCUT2D eigenvalue weighted by atomic mass is 16.5. The molecule has 0 aliphatic rings. The molecule has 1 unspecified atom stereocenters. The molecule has 0 radical (unpaired) electrons. The number of aromatic nitrogens is 2. The Balaban J connectivity index is 1.91. The zero-order chi connectivity index (χ0) is 20.1. The number of nitrogens with one attached hydrogen (secondary N) is 1. The van der Waals surface area contributed by atoms with Crippen LogP contribution >= 0.6 is 0 Å². The molecule has 1 atom stereocenters. The van der Waals surface area contributed by atoms with Crippen molar-refractivity contribution in [1.29, 1.82) is 0 Å². The molecule has 7 nitrogen and oxygen atoms in total. The van der Waals surface area contributed by atoms with Crippen LogP contribution in [0.3, 0.4) is 0 Å². The highest BCUT2D eigenvalue weighted by molar-refractivity contribution is 5.79. The van der Waals surface area contributed by atoms with E-state index in [1.165, 1.54) is 0 Å². The molecular formula is C21H23N3O4. The molecule has 0 saturated carbocycles. The number of nitrogens with zero attached hydrogens (tertiary/aromatic N) is 2. The van der Waals surface area contributed by atoms with Gasteiger partial charge in [-0.3, -0.25) is 4.79 Å². The maximum absolute atomic E-state index is 12.7. The van der Waals surface area contributed by atoms with Gasteiger partial charge in [0.25, 0.3) is 0 Å². The van der Waals surface area contributed by atoms with E-state index in [4.69, 9.17) is 9.47 Å². The van der Waals surface area contributed by atoms with Gasteiger partial charge in [0, 0.05) is 25.5 Å². The van der Waals surface area contributed by atoms with E-state index in [9.17, 15) is 9.90 Å². The zero-order valence-electron chi connectivity index (χ0n) is 16.0. The zero-order valence-corrected chi connectivity index (χ0v) is 16.0. The van der Waals surface area contributed by atoms with Crippen molar-refractivity contribution in [3.63, 3.8) is 0 Å². The Morgan fingerprint density at radius 3 is 2.32 bits per heavy atom. The van der Waals surface area contributed by atoms with Crippen molar-refractivity contribution in [1.82, 2.24) is 14.9 Å². The van der Waals surface area contributed by atoms with Crippen molar-refractivity contribution in [3.05, 3.63) is 71.8 Å². The number of ether oxygens (including phenoxy) is 2. The number of phenols is 1. The van der Waals surface area contributed by atoms with Gasteiger partial charge in [-0.05, 0) is 35.4 Å². The van der Waals surface area contributed by atoms with Crippen LogP contribution in [0.1, 0.15) is 23.0 Å². The smallest absolute Gasteiger partial charge is 0.225 e. The van der Waals surface area contributed by atoms with E-state index in [0.29, 0.717) is 17.3 Å². The normalized spacial score (nSPS) is 11.7. The summed E-state index contributed by atoms with van der Waals surface area (Å²) in [6.07, 6.45) is 3.69. The minimum Gasteiger partial charge on any atom is -0.508 e. The lowest BCUT2D eigenvalue weighted by Gasteiger charge is -2.20. The maximum atomic E-state index is 12.7. The van der Waals surface area contributed by atoms with Gasteiger partial charge in [-0.2, -0.15) is 0 Å². The molecule has 1 amide bonds. The van der Waals surface area contributed by atoms with Crippen LogP contribution in [0.5, 0.6) is 17.2 Å². The average molecular weight is 381 g/mol. The van der Waals surface area contributed by atoms with Crippen LogP contribution in [0.2, 0.25) is 0 Å². The van der Waals surface area contributed by atoms with Crippen molar-refractivity contribution in [2.45, 2.75) is 12.5 Å². The number of aryl methyl sites for hydroxylation is 1. The van der Waals surface area contributed by atoms with Gasteiger partial charge in [0.2, 0.25) is 5.91 Å². The lowest BCUT2D eigenvalue weighted by molar-refractivity contribution is -0.121. The predicted molar refractivity (Wildman–Crippen MR) is 105 cm³/mol. The van der Waals surface area contributed by atoms with E-state index in [0.717, 1.165) is 11.1 Å². The quantitative estimate of drug-likeness (QED) is 0.657. The Hall–Kier alpha value is -3.48. The molecule has 0 spiro atoms. The number of hydrogen-bond acceptors (Lipinski definition) is 5. The van der Waals surface area contributed by atoms with E-state index >= 15 is 0 Å². The Morgan fingerprint density at radius 1 is 1.14 bits per heavy atom. The first-order valence-corrected chi connectivity index (χ1v) is 8.77. The second-order valence-corrected chi connectivity index (χ2v) is 6.39. The summed E-state index contributed by atoms with van der Waals surface area (Å²) >= 11 is 0. The number of phenolic OH excluding ortho intramolecular Hbond substituents is 1. The summed E-state index contributed by atoms with van der Waals surface area (Å²) in [5.41, 5.74) is 1.60. The van der Waals surface area contributed by atoms with Crippen molar-refractivity contribution in [3.8, 4) is 17.2 Å². The summed E-state index contributed by atoms with van der Waals surface area (Å²) in [4.78, 5) is 17.1. The van der Waals surface area contributed by atoms with E-state index in [1.807, 2.05) is 29.9 Å². The lowest BCUT2D eigenvalue weighted by atomic mass is 10.0. The Morgan fingerprint density at radius 2 is 1.79 bits per heavy atom. The second kappa shape index (κ2) is 8.47. The van der Waals surface area contributed by atoms with Crippen molar-refractivity contribution < 1.29 is 19.4 Å². The van der Waals surface area contributed by atoms with Gasteiger partial charge in [-0.15, -0.1) is 0 Å². The van der Waals surface area contributed by atoms with Gasteiger partial charge in [0.1, 0.15) is 29.1 Å². The second-order valence-electron chi connectivity index (χ2n) is 6.39. The molecule has 0 saturated heterocycles. The molecule has 7 heteroatoms. The van der Waals surface area contributed by atoms with E-state index < -0.39 is 6.04 Å². The van der Waals surface area contributed by atoms with Crippen molar-refractivity contribution in [2.75, 3.05) is 14.2 Å². The van der Waals surface area contributed by atoms with Gasteiger partial charge in [-0.25, -0.2) is 4.98 Å². The van der Waals surface area contributed by atoms with E-state index in [2.05, 4.69) is 10.3 Å². The molecule has 0 fully saturated rings. The third kappa shape index (κ3) is 4.43. The molecule has 28 heavy (non-hydrogen) atoms. The van der Waals surface area contributed by atoms with Crippen LogP contribution in [0, 0.1) is 0 Å². The fraction of sp³-hybridized carbons (Fsp3) is 0.238. The Labute approximate surface area is 163 Å². The van der Waals surface area contributed by atoms with Crippen LogP contribution in [0.25, 0.3) is 0 Å². The molecule has 0 aliphatic heterocycles. The van der Waals surface area contributed by atoms with Crippen LogP contribution in [0.4, 0.5) is 0 Å². The number of amides is 1. The molecule has 0 bridgehead atoms. The van der Waals surface area contributed by atoms with Crippen LogP contribution in [0.15, 0.2) is 54.9 Å². The number of carbonyl (C=O) groups is 1. The first-order valence-electron chi connectivity index (χ1n) is 8.77. The highest BCUT2D eigenvalue weighted by Crippen LogP contribution is 2.29. The third-order valence-corrected chi connectivity index (χ3v) is 4.43. The number of carbonyl (C=O) groups excluding carboxylic acids is 1. The summed E-state index contributed by atoms with van der Waals surface area (Å²) in [5.74, 6) is 1.94. The number of rotatable bonds is 7. The molecule has 1 aromatic heterocycles. The van der Waals surface area contributed by atoms with E-state index in [-0.39, 0.29) is 18.1 Å². The molecule has 3 aromatic rings. The first-order chi connectivity index (χ1) is 13.5. The molecule has 146 valence electrons. The Bertz CT molecular complexity index is 928. The minimum absolute atomic E-state index is 0.165. The summed E-state index contributed by atoms with van der Waals surface area (Å²) in [6.45, 7) is 0. The summed E-state index contributed by atoms with van der Waals surface area (Å²) in [7, 11) is 5.04. The highest BCUT2D eigenvalue weighted by Gasteiger charge is 2.22. The largest absolute Gasteiger partial charge is 0.508 e. The molecule has 2 N–H and O–H groups in total. The maximum Gasteiger partial charge on any atom is 0.225 e. The van der Waals surface area contributed by atoms with Crippen molar-refractivity contribution in [2.24, 2.45) is 7.05 Å². The fourth-order valence-corrected chi connectivity index (χ4v) is 2.96. The molecule has 3 rings (SSSR count). The molecular weight excluding hydrogens is 358 g/mol. The van der Waals surface area contributed by atoms with Gasteiger partial charge >= 0.3 is 0 Å². The average Bonchev–Trinajstić information content (AvgIpc) is 3.13. The van der Waals surface area contributed by atoms with Gasteiger partial charge in [0.15, 0.2) is 0 Å². The first kappa shape index (κ1) is 19.3. The van der Waals surface area contributed by atoms with Crippen LogP contribution < -0.4 is 14.8 Å². The summed E-state index contributed by atoms with van der Waals surface area (Å²) in [6, 6.07) is 11.6. The predicted octanol–water partition coefficient (Wildman–Crippen LogP) is 2.59. The SMILES string of the molecule is COc1cc(OC)cc(C(NC(=O)Cc2ccc(O)cc2)c2nccn2C)c1. The lowest BCUT2D eigenvalue weighted by Crippen LogP contribution is -2.32. The van der Waals surface area contributed by atoms with E-state index in [1.54, 1.807) is 50.7 Å². The molecule has 2 aromatic carbocycles. The standard InChI is InChI=1S/C21H23N3O4/c1-24-9-8-22-21(24)20(15-11-17(27-2)13-18(12-15)28-3)23-19(26)10-14-4-6-16(25)7-5-14/h4-9,11-13,20,25H,10H2,1-3H3,(H,23,26). The van der Waals surface area contributed by atoms with Gasteiger partial charge in [0.05, 0.1) is 20.6 Å². The molecule has 0 aliphatic carbocycles. The van der Waals surface area contributed by atoms with Crippen molar-refractivity contribution >= 4 is 5.91 Å². The molecule has 1 heterocycles. The fourth-order valence-electron chi connectivity index (χ4n) is 2.96. The summed E-state index contributed by atoms with van der Waals surface area (Å²) < 4.78 is 12.6. The topological polar surface area (TPSA) is 85.6 Å². The Kier molecular flexibility index (Phi) is 5.84. The summed E-state index contributed by atoms with van der Waals surface area (Å²) in [5, 5.41) is 12.5. The number of benzene rings is 2. The third-order valence-electron chi connectivity index (χ3n) is 4.43. The number of imidazole rings is 1. The van der Waals surface area contributed by atoms with Gasteiger partial charge in [-0.1, -0.05) is 12.1 Å². The van der Waals surface area contributed by atoms with Crippen LogP contribution in [-0.4, -0.2) is 34.8 Å². The number of aromatic hydroxyl groups is 1. The van der Waals surface area contributed by atoms with Gasteiger partial charge < -0.3 is 24.5 Å². The monoisotopic (exact) mass is 381 g/mol. The van der Waals surface area contributed by atoms with Crippen LogP contribution in [-0.2, 0) is 18.3 Å².